The molecule has 30 heavy (non-hydrogen) atoms. The third kappa shape index (κ3) is 4.10. The Balaban J connectivity index is 1.60. The standard InChI is InChI=1S/C25H24ClN3O/c1-3-18-8-6-7-17(2)24(18)28-23(30)15-14-21-25(19-10-12-20(26)13-11-19)27-22-9-4-5-16-29(21)22/h4-13,16H,3,14-15H2,1-2H3,(H,28,30). The molecule has 2 aromatic carbocycles. The zero-order chi connectivity index (χ0) is 21.1. The van der Waals surface area contributed by atoms with Gasteiger partial charge in [-0.2, -0.15) is 0 Å². The third-order valence-corrected chi connectivity index (χ3v) is 5.59. The van der Waals surface area contributed by atoms with Gasteiger partial charge in [-0.3, -0.25) is 4.79 Å². The topological polar surface area (TPSA) is 46.4 Å². The molecule has 4 aromatic rings. The molecule has 0 fully saturated rings. The summed E-state index contributed by atoms with van der Waals surface area (Å²) in [6, 6.07) is 19.7. The monoisotopic (exact) mass is 417 g/mol. The van der Waals surface area contributed by atoms with Crippen LogP contribution in [0.25, 0.3) is 16.9 Å². The van der Waals surface area contributed by atoms with E-state index in [4.69, 9.17) is 16.6 Å². The first-order valence-corrected chi connectivity index (χ1v) is 10.5. The quantitative estimate of drug-likeness (QED) is 0.412. The van der Waals surface area contributed by atoms with Gasteiger partial charge in [0, 0.05) is 28.9 Å². The van der Waals surface area contributed by atoms with Gasteiger partial charge in [0.05, 0.1) is 11.4 Å². The van der Waals surface area contributed by atoms with Crippen LogP contribution in [0.5, 0.6) is 0 Å². The second kappa shape index (κ2) is 8.72. The number of para-hydroxylation sites is 1. The van der Waals surface area contributed by atoms with Gasteiger partial charge < -0.3 is 9.72 Å². The molecule has 0 aliphatic carbocycles. The SMILES string of the molecule is CCc1cccc(C)c1NC(=O)CCc1c(-c2ccc(Cl)cc2)nc2ccccn12. The molecular weight excluding hydrogens is 394 g/mol. The second-order valence-corrected chi connectivity index (χ2v) is 7.79. The Bertz CT molecular complexity index is 1190. The number of amides is 1. The van der Waals surface area contributed by atoms with E-state index in [1.807, 2.05) is 67.7 Å². The highest BCUT2D eigenvalue weighted by Gasteiger charge is 2.16. The van der Waals surface area contributed by atoms with Gasteiger partial charge in [0.2, 0.25) is 5.91 Å². The van der Waals surface area contributed by atoms with Crippen molar-refractivity contribution in [3.63, 3.8) is 0 Å². The maximum absolute atomic E-state index is 12.8. The molecule has 0 aliphatic rings. The summed E-state index contributed by atoms with van der Waals surface area (Å²) in [6.45, 7) is 4.12. The van der Waals surface area contributed by atoms with Crippen molar-refractivity contribution in [1.82, 2.24) is 9.38 Å². The fourth-order valence-electron chi connectivity index (χ4n) is 3.76. The number of anilines is 1. The molecule has 0 atom stereocenters. The van der Waals surface area contributed by atoms with E-state index in [2.05, 4.69) is 22.7 Å². The van der Waals surface area contributed by atoms with Crippen molar-refractivity contribution in [2.75, 3.05) is 5.32 Å². The Morgan fingerprint density at radius 2 is 1.87 bits per heavy atom. The van der Waals surface area contributed by atoms with Gasteiger partial charge in [-0.05, 0) is 55.2 Å². The van der Waals surface area contributed by atoms with Crippen molar-refractivity contribution in [3.05, 3.63) is 88.7 Å². The van der Waals surface area contributed by atoms with Gasteiger partial charge in [-0.25, -0.2) is 4.98 Å². The van der Waals surface area contributed by atoms with Crippen LogP contribution in [0.1, 0.15) is 30.2 Å². The molecule has 2 aromatic heterocycles. The van der Waals surface area contributed by atoms with Crippen molar-refractivity contribution >= 4 is 28.8 Å². The Kier molecular flexibility index (Phi) is 5.86. The van der Waals surface area contributed by atoms with Crippen molar-refractivity contribution in [1.29, 1.82) is 0 Å². The zero-order valence-corrected chi connectivity index (χ0v) is 17.9. The summed E-state index contributed by atoms with van der Waals surface area (Å²) in [6.07, 6.45) is 3.83. The highest BCUT2D eigenvalue weighted by atomic mass is 35.5. The Morgan fingerprint density at radius 1 is 1.07 bits per heavy atom. The fourth-order valence-corrected chi connectivity index (χ4v) is 3.89. The summed E-state index contributed by atoms with van der Waals surface area (Å²) in [7, 11) is 0. The number of fused-ring (bicyclic) bond motifs is 1. The fraction of sp³-hybridized carbons (Fsp3) is 0.200. The van der Waals surface area contributed by atoms with Crippen LogP contribution in [0.15, 0.2) is 66.9 Å². The van der Waals surface area contributed by atoms with Crippen LogP contribution in [0.3, 0.4) is 0 Å². The number of imidazole rings is 1. The first-order chi connectivity index (χ1) is 14.6. The lowest BCUT2D eigenvalue weighted by molar-refractivity contribution is -0.116. The average molecular weight is 418 g/mol. The minimum absolute atomic E-state index is 0.00642. The summed E-state index contributed by atoms with van der Waals surface area (Å²) in [5, 5.41) is 3.81. The van der Waals surface area contributed by atoms with E-state index >= 15 is 0 Å². The molecule has 4 nitrogen and oxygen atoms in total. The van der Waals surface area contributed by atoms with Crippen LogP contribution in [0.2, 0.25) is 5.02 Å². The number of hydrogen-bond acceptors (Lipinski definition) is 2. The van der Waals surface area contributed by atoms with Gasteiger partial charge in [-0.15, -0.1) is 0 Å². The Morgan fingerprint density at radius 3 is 2.63 bits per heavy atom. The van der Waals surface area contributed by atoms with E-state index in [1.54, 1.807) is 0 Å². The lowest BCUT2D eigenvalue weighted by atomic mass is 10.0. The molecule has 1 amide bonds. The third-order valence-electron chi connectivity index (χ3n) is 5.34. The summed E-state index contributed by atoms with van der Waals surface area (Å²) in [4.78, 5) is 17.6. The van der Waals surface area contributed by atoms with E-state index in [9.17, 15) is 4.79 Å². The molecule has 5 heteroatoms. The molecule has 0 radical (unpaired) electrons. The predicted octanol–water partition coefficient (Wildman–Crippen LogP) is 6.10. The molecule has 1 N–H and O–H groups in total. The smallest absolute Gasteiger partial charge is 0.224 e. The van der Waals surface area contributed by atoms with Gasteiger partial charge >= 0.3 is 0 Å². The van der Waals surface area contributed by atoms with E-state index in [0.717, 1.165) is 45.8 Å². The molecule has 0 spiro atoms. The molecular formula is C25H24ClN3O. The van der Waals surface area contributed by atoms with Crippen LogP contribution < -0.4 is 5.32 Å². The number of benzene rings is 2. The van der Waals surface area contributed by atoms with Gasteiger partial charge in [0.25, 0.3) is 0 Å². The van der Waals surface area contributed by atoms with E-state index in [1.165, 1.54) is 0 Å². The highest BCUT2D eigenvalue weighted by molar-refractivity contribution is 6.30. The Labute approximate surface area is 181 Å². The van der Waals surface area contributed by atoms with Crippen molar-refractivity contribution in [3.8, 4) is 11.3 Å². The molecule has 0 saturated heterocycles. The van der Waals surface area contributed by atoms with Crippen LogP contribution in [0, 0.1) is 6.92 Å². The van der Waals surface area contributed by atoms with E-state index in [-0.39, 0.29) is 5.91 Å². The van der Waals surface area contributed by atoms with Crippen molar-refractivity contribution in [2.24, 2.45) is 0 Å². The molecule has 4 rings (SSSR count). The molecule has 152 valence electrons. The van der Waals surface area contributed by atoms with Gasteiger partial charge in [0.1, 0.15) is 5.65 Å². The number of hydrogen-bond donors (Lipinski definition) is 1. The molecule has 0 bridgehead atoms. The number of nitrogens with one attached hydrogen (secondary N) is 1. The number of carbonyl (C=O) groups is 1. The van der Waals surface area contributed by atoms with Crippen LogP contribution in [0.4, 0.5) is 5.69 Å². The van der Waals surface area contributed by atoms with Crippen LogP contribution in [-0.2, 0) is 17.6 Å². The lowest BCUT2D eigenvalue weighted by Crippen LogP contribution is -2.15. The average Bonchev–Trinajstić information content (AvgIpc) is 3.13. The molecule has 0 saturated carbocycles. The minimum Gasteiger partial charge on any atom is -0.326 e. The van der Waals surface area contributed by atoms with Gasteiger partial charge in [-0.1, -0.05) is 54.9 Å². The predicted molar refractivity (Wildman–Crippen MR) is 123 cm³/mol. The summed E-state index contributed by atoms with van der Waals surface area (Å²) >= 11 is 6.06. The first kappa shape index (κ1) is 20.2. The minimum atomic E-state index is 0.00642. The normalized spacial score (nSPS) is 11.0. The molecule has 0 unspecified atom stereocenters. The van der Waals surface area contributed by atoms with Gasteiger partial charge in [0.15, 0.2) is 0 Å². The highest BCUT2D eigenvalue weighted by Crippen LogP contribution is 2.27. The summed E-state index contributed by atoms with van der Waals surface area (Å²) in [5.74, 6) is 0.00642. The number of nitrogens with zero attached hydrogens (tertiary/aromatic N) is 2. The maximum Gasteiger partial charge on any atom is 0.224 e. The Hall–Kier alpha value is -3.11. The van der Waals surface area contributed by atoms with E-state index < -0.39 is 0 Å². The number of rotatable bonds is 6. The summed E-state index contributed by atoms with van der Waals surface area (Å²) in [5.41, 5.74) is 6.93. The lowest BCUT2D eigenvalue weighted by Gasteiger charge is -2.13. The number of carbonyl (C=O) groups excluding carboxylic acids is 1. The van der Waals surface area contributed by atoms with Crippen molar-refractivity contribution < 1.29 is 4.79 Å². The van der Waals surface area contributed by atoms with Crippen LogP contribution >= 0.6 is 11.6 Å². The summed E-state index contributed by atoms with van der Waals surface area (Å²) < 4.78 is 2.06. The zero-order valence-electron chi connectivity index (χ0n) is 17.2. The van der Waals surface area contributed by atoms with E-state index in [0.29, 0.717) is 17.9 Å². The first-order valence-electron chi connectivity index (χ1n) is 10.2. The molecule has 2 heterocycles. The largest absolute Gasteiger partial charge is 0.326 e. The number of aromatic nitrogens is 2. The number of aryl methyl sites for hydroxylation is 3. The number of halogens is 1. The van der Waals surface area contributed by atoms with Crippen LogP contribution in [-0.4, -0.2) is 15.3 Å². The second-order valence-electron chi connectivity index (χ2n) is 7.35. The molecule has 0 aliphatic heterocycles. The maximum atomic E-state index is 12.8. The van der Waals surface area contributed by atoms with Crippen molar-refractivity contribution in [2.45, 2.75) is 33.1 Å². The number of pyridine rings is 1.